The SMILES string of the molecule is CCc1cccc(CC)c1NC(=O)c1ccc(F)c(F)c1. The molecule has 0 heterocycles. The van der Waals surface area contributed by atoms with Crippen molar-refractivity contribution in [2.24, 2.45) is 0 Å². The summed E-state index contributed by atoms with van der Waals surface area (Å²) < 4.78 is 26.1. The number of anilines is 1. The number of rotatable bonds is 4. The Morgan fingerprint density at radius 1 is 1.00 bits per heavy atom. The molecule has 0 aliphatic carbocycles. The molecule has 2 rings (SSSR count). The van der Waals surface area contributed by atoms with E-state index in [-0.39, 0.29) is 5.56 Å². The highest BCUT2D eigenvalue weighted by Crippen LogP contribution is 2.23. The maximum Gasteiger partial charge on any atom is 0.255 e. The van der Waals surface area contributed by atoms with E-state index in [1.54, 1.807) is 0 Å². The highest BCUT2D eigenvalue weighted by atomic mass is 19.2. The molecule has 1 amide bonds. The molecule has 0 bridgehead atoms. The lowest BCUT2D eigenvalue weighted by atomic mass is 10.0. The minimum absolute atomic E-state index is 0.0989. The average Bonchev–Trinajstić information content (AvgIpc) is 2.50. The van der Waals surface area contributed by atoms with Crippen LogP contribution in [0.4, 0.5) is 14.5 Å². The molecule has 0 atom stereocenters. The summed E-state index contributed by atoms with van der Waals surface area (Å²) in [6, 6.07) is 8.97. The molecular formula is C17H17F2NO. The van der Waals surface area contributed by atoms with Crippen molar-refractivity contribution in [3.63, 3.8) is 0 Å². The van der Waals surface area contributed by atoms with Crippen molar-refractivity contribution < 1.29 is 13.6 Å². The van der Waals surface area contributed by atoms with Gasteiger partial charge in [0.2, 0.25) is 0 Å². The first kappa shape index (κ1) is 15.2. The number of hydrogen-bond donors (Lipinski definition) is 1. The molecule has 0 aromatic heterocycles. The largest absolute Gasteiger partial charge is 0.321 e. The number of hydrogen-bond acceptors (Lipinski definition) is 1. The number of para-hydroxylation sites is 1. The molecule has 0 spiro atoms. The van der Waals surface area contributed by atoms with Crippen LogP contribution in [0, 0.1) is 11.6 Å². The molecule has 1 N–H and O–H groups in total. The van der Waals surface area contributed by atoms with Gasteiger partial charge >= 0.3 is 0 Å². The van der Waals surface area contributed by atoms with Crippen LogP contribution in [-0.4, -0.2) is 5.91 Å². The Bertz CT molecular complexity index is 646. The topological polar surface area (TPSA) is 29.1 Å². The lowest BCUT2D eigenvalue weighted by Gasteiger charge is -2.14. The minimum Gasteiger partial charge on any atom is -0.321 e. The van der Waals surface area contributed by atoms with Gasteiger partial charge in [0.05, 0.1) is 0 Å². The number of nitrogens with one attached hydrogen (secondary N) is 1. The summed E-state index contributed by atoms with van der Waals surface area (Å²) >= 11 is 0. The third kappa shape index (κ3) is 3.27. The third-order valence-electron chi connectivity index (χ3n) is 3.42. The molecule has 2 aromatic carbocycles. The molecule has 4 heteroatoms. The van der Waals surface area contributed by atoms with E-state index in [9.17, 15) is 13.6 Å². The van der Waals surface area contributed by atoms with E-state index in [1.807, 2.05) is 32.0 Å². The first-order valence-corrected chi connectivity index (χ1v) is 6.94. The summed E-state index contributed by atoms with van der Waals surface area (Å²) in [5, 5.41) is 2.82. The maximum atomic E-state index is 13.2. The molecule has 0 saturated carbocycles. The third-order valence-corrected chi connectivity index (χ3v) is 3.42. The van der Waals surface area contributed by atoms with E-state index in [2.05, 4.69) is 5.32 Å². The van der Waals surface area contributed by atoms with Gasteiger partial charge in [0, 0.05) is 11.3 Å². The lowest BCUT2D eigenvalue weighted by molar-refractivity contribution is 0.102. The van der Waals surface area contributed by atoms with Crippen LogP contribution in [0.25, 0.3) is 0 Å². The number of amides is 1. The standard InChI is InChI=1S/C17H17F2NO/c1-3-11-6-5-7-12(4-2)16(11)20-17(21)13-8-9-14(18)15(19)10-13/h5-10H,3-4H2,1-2H3,(H,20,21). The fourth-order valence-electron chi connectivity index (χ4n) is 2.23. The van der Waals surface area contributed by atoms with Crippen molar-refractivity contribution in [3.8, 4) is 0 Å². The second-order valence-corrected chi connectivity index (χ2v) is 4.74. The fourth-order valence-corrected chi connectivity index (χ4v) is 2.23. The number of halogens is 2. The molecule has 0 saturated heterocycles. The quantitative estimate of drug-likeness (QED) is 0.891. The molecular weight excluding hydrogens is 272 g/mol. The Balaban J connectivity index is 2.33. The lowest BCUT2D eigenvalue weighted by Crippen LogP contribution is -2.15. The zero-order valence-corrected chi connectivity index (χ0v) is 12.0. The Hall–Kier alpha value is -2.23. The maximum absolute atomic E-state index is 13.2. The summed E-state index contributed by atoms with van der Waals surface area (Å²) in [5.41, 5.74) is 2.90. The van der Waals surface area contributed by atoms with Gasteiger partial charge in [-0.05, 0) is 42.2 Å². The van der Waals surface area contributed by atoms with Crippen molar-refractivity contribution >= 4 is 11.6 Å². The zero-order chi connectivity index (χ0) is 15.4. The second-order valence-electron chi connectivity index (χ2n) is 4.74. The first-order chi connectivity index (χ1) is 10.1. The second kappa shape index (κ2) is 6.48. The molecule has 0 fully saturated rings. The Morgan fingerprint density at radius 2 is 1.62 bits per heavy atom. The van der Waals surface area contributed by atoms with E-state index < -0.39 is 17.5 Å². The van der Waals surface area contributed by atoms with Gasteiger partial charge in [-0.15, -0.1) is 0 Å². The number of carbonyl (C=O) groups excluding carboxylic acids is 1. The van der Waals surface area contributed by atoms with Crippen LogP contribution in [0.3, 0.4) is 0 Å². The van der Waals surface area contributed by atoms with Crippen LogP contribution in [0.2, 0.25) is 0 Å². The predicted molar refractivity (Wildman–Crippen MR) is 79.5 cm³/mol. The Labute approximate surface area is 122 Å². The zero-order valence-electron chi connectivity index (χ0n) is 12.0. The van der Waals surface area contributed by atoms with Crippen molar-refractivity contribution in [1.29, 1.82) is 0 Å². The van der Waals surface area contributed by atoms with E-state index in [1.165, 1.54) is 6.07 Å². The van der Waals surface area contributed by atoms with Gasteiger partial charge in [-0.25, -0.2) is 8.78 Å². The van der Waals surface area contributed by atoms with Crippen molar-refractivity contribution in [3.05, 3.63) is 64.7 Å². The van der Waals surface area contributed by atoms with Crippen molar-refractivity contribution in [1.82, 2.24) is 0 Å². The molecule has 2 nitrogen and oxygen atoms in total. The molecule has 0 aliphatic rings. The van der Waals surface area contributed by atoms with Crippen LogP contribution in [0.1, 0.15) is 35.3 Å². The molecule has 21 heavy (non-hydrogen) atoms. The van der Waals surface area contributed by atoms with Crippen LogP contribution in [-0.2, 0) is 12.8 Å². The average molecular weight is 289 g/mol. The summed E-state index contributed by atoms with van der Waals surface area (Å²) in [7, 11) is 0. The molecule has 0 unspecified atom stereocenters. The van der Waals surface area contributed by atoms with Gasteiger partial charge in [0.1, 0.15) is 0 Å². The number of aryl methyl sites for hydroxylation is 2. The van der Waals surface area contributed by atoms with Crippen LogP contribution >= 0.6 is 0 Å². The Morgan fingerprint density at radius 3 is 2.14 bits per heavy atom. The van der Waals surface area contributed by atoms with Gasteiger partial charge in [-0.1, -0.05) is 32.0 Å². The van der Waals surface area contributed by atoms with Gasteiger partial charge in [0.25, 0.3) is 5.91 Å². The van der Waals surface area contributed by atoms with Gasteiger partial charge in [-0.3, -0.25) is 4.79 Å². The van der Waals surface area contributed by atoms with Crippen molar-refractivity contribution in [2.45, 2.75) is 26.7 Å². The molecule has 110 valence electrons. The van der Waals surface area contributed by atoms with E-state index in [4.69, 9.17) is 0 Å². The van der Waals surface area contributed by atoms with Gasteiger partial charge in [0.15, 0.2) is 11.6 Å². The fraction of sp³-hybridized carbons (Fsp3) is 0.235. The monoisotopic (exact) mass is 289 g/mol. The van der Waals surface area contributed by atoms with E-state index >= 15 is 0 Å². The van der Waals surface area contributed by atoms with Gasteiger partial charge in [-0.2, -0.15) is 0 Å². The highest BCUT2D eigenvalue weighted by molar-refractivity contribution is 6.05. The highest BCUT2D eigenvalue weighted by Gasteiger charge is 2.13. The van der Waals surface area contributed by atoms with Crippen LogP contribution in [0.15, 0.2) is 36.4 Å². The van der Waals surface area contributed by atoms with E-state index in [0.29, 0.717) is 0 Å². The predicted octanol–water partition coefficient (Wildman–Crippen LogP) is 4.34. The van der Waals surface area contributed by atoms with E-state index in [0.717, 1.165) is 41.8 Å². The summed E-state index contributed by atoms with van der Waals surface area (Å²) in [5.74, 6) is -2.43. The molecule has 2 aromatic rings. The summed E-state index contributed by atoms with van der Waals surface area (Å²) in [6.07, 6.45) is 1.56. The molecule has 0 radical (unpaired) electrons. The molecule has 0 aliphatic heterocycles. The van der Waals surface area contributed by atoms with Gasteiger partial charge < -0.3 is 5.32 Å². The Kier molecular flexibility index (Phi) is 4.68. The normalized spacial score (nSPS) is 10.5. The van der Waals surface area contributed by atoms with Crippen molar-refractivity contribution in [2.75, 3.05) is 5.32 Å². The minimum atomic E-state index is -1.03. The van der Waals surface area contributed by atoms with Crippen LogP contribution in [0.5, 0.6) is 0 Å². The van der Waals surface area contributed by atoms with Crippen LogP contribution < -0.4 is 5.32 Å². The number of benzene rings is 2. The smallest absolute Gasteiger partial charge is 0.255 e. The first-order valence-electron chi connectivity index (χ1n) is 6.94. The summed E-state index contributed by atoms with van der Waals surface area (Å²) in [4.78, 5) is 12.2. The number of carbonyl (C=O) groups is 1. The summed E-state index contributed by atoms with van der Waals surface area (Å²) in [6.45, 7) is 4.00.